The van der Waals surface area contributed by atoms with Crippen molar-refractivity contribution >= 4 is 39.9 Å². The van der Waals surface area contributed by atoms with Crippen LogP contribution in [0.3, 0.4) is 0 Å². The summed E-state index contributed by atoms with van der Waals surface area (Å²) >= 11 is 7.62. The zero-order valence-electron chi connectivity index (χ0n) is 5.25. The Balaban J connectivity index is 3.20. The zero-order valence-corrected chi connectivity index (χ0v) is 8.17. The summed E-state index contributed by atoms with van der Waals surface area (Å²) in [4.78, 5) is 9.75. The van der Waals surface area contributed by atoms with Crippen LogP contribution in [0, 0.1) is 13.7 Å². The van der Waals surface area contributed by atoms with E-state index in [2.05, 4.69) is 0 Å². The van der Waals surface area contributed by atoms with E-state index < -0.39 is 4.92 Å². The van der Waals surface area contributed by atoms with Crippen molar-refractivity contribution in [2.24, 2.45) is 0 Å². The second-order valence-corrected chi connectivity index (χ2v) is 3.51. The number of hydrogen-bond donors (Lipinski definition) is 0. The number of hydrogen-bond acceptors (Lipinski definition) is 2. The Morgan fingerprint density at radius 3 is 2.64 bits per heavy atom. The fourth-order valence-corrected chi connectivity index (χ4v) is 1.55. The number of nitro groups is 1. The van der Waals surface area contributed by atoms with Gasteiger partial charge in [-0.2, -0.15) is 0 Å². The summed E-state index contributed by atoms with van der Waals surface area (Å²) in [5.41, 5.74) is -0.0490. The molecule has 0 aliphatic rings. The number of rotatable bonds is 1. The first-order valence-electron chi connectivity index (χ1n) is 2.70. The maximum absolute atomic E-state index is 10.3. The molecule has 0 aromatic heterocycles. The third kappa shape index (κ3) is 2.03. The van der Waals surface area contributed by atoms with E-state index in [9.17, 15) is 10.1 Å². The molecule has 0 saturated heterocycles. The molecule has 0 spiro atoms. The van der Waals surface area contributed by atoms with Crippen molar-refractivity contribution in [3.63, 3.8) is 0 Å². The number of benzene rings is 1. The minimum atomic E-state index is -0.502. The van der Waals surface area contributed by atoms with Gasteiger partial charge < -0.3 is 0 Å². The van der Waals surface area contributed by atoms with Crippen LogP contribution in [-0.2, 0) is 0 Å². The molecule has 0 atom stereocenters. The molecule has 0 radical (unpaired) electrons. The monoisotopic (exact) mass is 283 g/mol. The Morgan fingerprint density at radius 2 is 2.18 bits per heavy atom. The molecule has 0 unspecified atom stereocenters. The summed E-state index contributed by atoms with van der Waals surface area (Å²) in [5, 5.41) is 10.4. The maximum Gasteiger partial charge on any atom is 0.287 e. The van der Waals surface area contributed by atoms with Crippen molar-refractivity contribution in [1.29, 1.82) is 0 Å². The van der Waals surface area contributed by atoms with Gasteiger partial charge in [-0.3, -0.25) is 10.1 Å². The van der Waals surface area contributed by atoms with Gasteiger partial charge in [0, 0.05) is 9.64 Å². The van der Waals surface area contributed by atoms with Crippen molar-refractivity contribution in [3.8, 4) is 0 Å². The predicted octanol–water partition coefficient (Wildman–Crippen LogP) is 2.85. The quantitative estimate of drug-likeness (QED) is 0.452. The minimum absolute atomic E-state index is 0.0490. The molecule has 0 fully saturated rings. The van der Waals surface area contributed by atoms with E-state index >= 15 is 0 Å². The molecule has 0 saturated carbocycles. The van der Waals surface area contributed by atoms with E-state index in [1.807, 2.05) is 22.6 Å². The lowest BCUT2D eigenvalue weighted by atomic mass is 10.3. The maximum atomic E-state index is 10.3. The number of nitrogens with zero attached hydrogens (tertiary/aromatic N) is 1. The van der Waals surface area contributed by atoms with Crippen LogP contribution in [0.4, 0.5) is 5.69 Å². The molecule has 3 nitrogen and oxygen atoms in total. The van der Waals surface area contributed by atoms with E-state index in [-0.39, 0.29) is 10.7 Å². The Hall–Kier alpha value is -0.360. The van der Waals surface area contributed by atoms with Crippen LogP contribution in [0.25, 0.3) is 0 Å². The van der Waals surface area contributed by atoms with Gasteiger partial charge in [0.25, 0.3) is 5.69 Å². The van der Waals surface area contributed by atoms with Gasteiger partial charge >= 0.3 is 0 Å². The van der Waals surface area contributed by atoms with Gasteiger partial charge in [0.1, 0.15) is 5.02 Å². The molecule has 1 rings (SSSR count). The van der Waals surface area contributed by atoms with Gasteiger partial charge in [-0.1, -0.05) is 11.6 Å². The molecule has 0 aliphatic carbocycles. The molecule has 0 N–H and O–H groups in total. The van der Waals surface area contributed by atoms with Gasteiger partial charge in [0.2, 0.25) is 0 Å². The second-order valence-electron chi connectivity index (χ2n) is 1.85. The zero-order chi connectivity index (χ0) is 8.43. The molecule has 1 aromatic rings. The summed E-state index contributed by atoms with van der Waals surface area (Å²) < 4.78 is 0.887. The van der Waals surface area contributed by atoms with Crippen LogP contribution in [0.2, 0.25) is 5.02 Å². The van der Waals surface area contributed by atoms with Crippen LogP contribution < -0.4 is 0 Å². The third-order valence-electron chi connectivity index (χ3n) is 1.11. The van der Waals surface area contributed by atoms with Crippen molar-refractivity contribution in [3.05, 3.63) is 36.9 Å². The molecule has 0 aliphatic heterocycles. The van der Waals surface area contributed by atoms with Crippen LogP contribution in [0.15, 0.2) is 18.2 Å². The highest BCUT2D eigenvalue weighted by Gasteiger charge is 2.10. The van der Waals surface area contributed by atoms with E-state index in [1.54, 1.807) is 12.1 Å². The summed E-state index contributed by atoms with van der Waals surface area (Å²) in [6.07, 6.45) is 0. The average Bonchev–Trinajstić information content (AvgIpc) is 1.85. The molecule has 5 heteroatoms. The third-order valence-corrected chi connectivity index (χ3v) is 2.08. The highest BCUT2D eigenvalue weighted by Crippen LogP contribution is 2.25. The minimum Gasteiger partial charge on any atom is -0.258 e. The van der Waals surface area contributed by atoms with Crippen molar-refractivity contribution in [2.75, 3.05) is 0 Å². The molecule has 1 aromatic carbocycles. The topological polar surface area (TPSA) is 43.1 Å². The molecule has 11 heavy (non-hydrogen) atoms. The number of halogens is 2. The SMILES string of the molecule is O=[N+]([O-])c1ccc(I)cc1Cl. The second kappa shape index (κ2) is 3.36. The lowest BCUT2D eigenvalue weighted by Gasteiger charge is -1.93. The fraction of sp³-hybridized carbons (Fsp3) is 0. The predicted molar refractivity (Wildman–Crippen MR) is 50.8 cm³/mol. The Morgan fingerprint density at radius 1 is 1.55 bits per heavy atom. The first-order valence-corrected chi connectivity index (χ1v) is 4.16. The molecule has 0 bridgehead atoms. The average molecular weight is 283 g/mol. The van der Waals surface area contributed by atoms with E-state index in [1.165, 1.54) is 6.07 Å². The van der Waals surface area contributed by atoms with Gasteiger partial charge in [0.15, 0.2) is 0 Å². The summed E-state index contributed by atoms with van der Waals surface area (Å²) in [7, 11) is 0. The van der Waals surface area contributed by atoms with Gasteiger partial charge in [0.05, 0.1) is 4.92 Å². The van der Waals surface area contributed by atoms with Crippen LogP contribution in [0.5, 0.6) is 0 Å². The highest BCUT2D eigenvalue weighted by molar-refractivity contribution is 14.1. The molecule has 58 valence electrons. The molecule has 0 heterocycles. The van der Waals surface area contributed by atoms with Crippen LogP contribution in [0.1, 0.15) is 0 Å². The van der Waals surface area contributed by atoms with Crippen LogP contribution in [-0.4, -0.2) is 4.92 Å². The van der Waals surface area contributed by atoms with E-state index in [0.717, 1.165) is 3.57 Å². The molecule has 0 amide bonds. The first kappa shape index (κ1) is 8.73. The Kier molecular flexibility index (Phi) is 2.67. The van der Waals surface area contributed by atoms with Gasteiger partial charge in [-0.05, 0) is 34.7 Å². The summed E-state index contributed by atoms with van der Waals surface area (Å²) in [6.45, 7) is 0. The molecular formula is C6H3ClINO2. The number of nitro benzene ring substituents is 1. The lowest BCUT2D eigenvalue weighted by molar-refractivity contribution is -0.384. The Labute approximate surface area is 81.6 Å². The van der Waals surface area contributed by atoms with Crippen molar-refractivity contribution in [2.45, 2.75) is 0 Å². The summed E-state index contributed by atoms with van der Waals surface area (Å²) in [6, 6.07) is 4.59. The van der Waals surface area contributed by atoms with Gasteiger partial charge in [-0.25, -0.2) is 0 Å². The van der Waals surface area contributed by atoms with Crippen LogP contribution >= 0.6 is 34.2 Å². The lowest BCUT2D eigenvalue weighted by Crippen LogP contribution is -1.88. The molecular weight excluding hydrogens is 280 g/mol. The Bertz CT molecular complexity index is 303. The fourth-order valence-electron chi connectivity index (χ4n) is 0.629. The standard InChI is InChI=1S/C6H3ClINO2/c7-5-3-4(8)1-2-6(5)9(10)11/h1-3H. The van der Waals surface area contributed by atoms with E-state index in [4.69, 9.17) is 11.6 Å². The van der Waals surface area contributed by atoms with Gasteiger partial charge in [-0.15, -0.1) is 0 Å². The largest absolute Gasteiger partial charge is 0.287 e. The normalized spacial score (nSPS) is 9.64. The van der Waals surface area contributed by atoms with Crippen molar-refractivity contribution < 1.29 is 4.92 Å². The highest BCUT2D eigenvalue weighted by atomic mass is 127. The smallest absolute Gasteiger partial charge is 0.258 e. The van der Waals surface area contributed by atoms with E-state index in [0.29, 0.717) is 0 Å². The van der Waals surface area contributed by atoms with Crippen molar-refractivity contribution in [1.82, 2.24) is 0 Å². The summed E-state index contributed by atoms with van der Waals surface area (Å²) in [5.74, 6) is 0. The first-order chi connectivity index (χ1) is 5.11.